The number of carbonyl (C=O) groups is 1. The second kappa shape index (κ2) is 5.43. The summed E-state index contributed by atoms with van der Waals surface area (Å²) in [5.41, 5.74) is 1.15. The highest BCUT2D eigenvalue weighted by molar-refractivity contribution is 5.92. The Kier molecular flexibility index (Phi) is 3.47. The van der Waals surface area contributed by atoms with Crippen LogP contribution in [-0.4, -0.2) is 32.9 Å². The van der Waals surface area contributed by atoms with Gasteiger partial charge in [0.15, 0.2) is 17.2 Å². The fourth-order valence-electron chi connectivity index (χ4n) is 2.25. The maximum absolute atomic E-state index is 11.3. The summed E-state index contributed by atoms with van der Waals surface area (Å²) in [4.78, 5) is 11.3. The van der Waals surface area contributed by atoms with Crippen LogP contribution in [0, 0.1) is 0 Å². The molecule has 3 rings (SSSR count). The molecule has 0 spiro atoms. The summed E-state index contributed by atoms with van der Waals surface area (Å²) in [5.74, 6) is 0.167. The molecule has 0 unspecified atom stereocenters. The average molecular weight is 289 g/mol. The van der Waals surface area contributed by atoms with Crippen molar-refractivity contribution in [2.24, 2.45) is 0 Å². The van der Waals surface area contributed by atoms with Gasteiger partial charge in [0, 0.05) is 12.1 Å². The molecule has 21 heavy (non-hydrogen) atoms. The van der Waals surface area contributed by atoms with Gasteiger partial charge in [-0.25, -0.2) is 9.48 Å². The van der Waals surface area contributed by atoms with Gasteiger partial charge < -0.3 is 14.6 Å². The molecule has 1 aliphatic heterocycles. The summed E-state index contributed by atoms with van der Waals surface area (Å²) in [7, 11) is 0. The van der Waals surface area contributed by atoms with Gasteiger partial charge >= 0.3 is 5.97 Å². The second-order valence-corrected chi connectivity index (χ2v) is 4.74. The van der Waals surface area contributed by atoms with Crippen LogP contribution in [-0.2, 0) is 6.54 Å². The molecule has 0 atom stereocenters. The number of rotatable bonds is 5. The van der Waals surface area contributed by atoms with Crippen molar-refractivity contribution >= 4 is 5.97 Å². The first-order chi connectivity index (χ1) is 10.2. The summed E-state index contributed by atoms with van der Waals surface area (Å²) >= 11 is 0. The Balaban J connectivity index is 2.06. The number of hydrogen-bond acceptors (Lipinski definition) is 5. The van der Waals surface area contributed by atoms with Crippen LogP contribution >= 0.6 is 0 Å². The molecule has 0 aliphatic carbocycles. The topological polar surface area (TPSA) is 86.5 Å². The van der Waals surface area contributed by atoms with Gasteiger partial charge in [0.25, 0.3) is 0 Å². The molecule has 7 nitrogen and oxygen atoms in total. The van der Waals surface area contributed by atoms with Crippen molar-refractivity contribution in [2.45, 2.75) is 26.3 Å². The van der Waals surface area contributed by atoms with Crippen LogP contribution in [0.4, 0.5) is 0 Å². The van der Waals surface area contributed by atoms with Crippen molar-refractivity contribution in [3.05, 3.63) is 23.9 Å². The second-order valence-electron chi connectivity index (χ2n) is 4.74. The molecule has 0 saturated carbocycles. The molecule has 2 aromatic rings. The number of benzene rings is 1. The number of aromatic nitrogens is 3. The van der Waals surface area contributed by atoms with E-state index in [-0.39, 0.29) is 12.5 Å². The molecule has 110 valence electrons. The lowest BCUT2D eigenvalue weighted by atomic mass is 10.1. The Morgan fingerprint density at radius 2 is 2.19 bits per heavy atom. The van der Waals surface area contributed by atoms with E-state index in [0.29, 0.717) is 29.3 Å². The molecule has 1 aromatic heterocycles. The van der Waals surface area contributed by atoms with Crippen LogP contribution in [0.2, 0.25) is 0 Å². The highest BCUT2D eigenvalue weighted by Gasteiger charge is 2.22. The predicted octanol–water partition coefficient (Wildman–Crippen LogP) is 2.17. The SMILES string of the molecule is CCCCn1nnc(C(=O)O)c1-c1ccc2c(c1)OCO2. The Bertz CT molecular complexity index is 681. The standard InChI is InChI=1S/C14H15N3O4/c1-2-3-6-17-13(12(14(18)19)15-16-17)9-4-5-10-11(7-9)21-8-20-10/h4-5,7H,2-3,6,8H2,1H3,(H,18,19). The zero-order valence-corrected chi connectivity index (χ0v) is 11.6. The van der Waals surface area contributed by atoms with E-state index >= 15 is 0 Å². The van der Waals surface area contributed by atoms with Crippen molar-refractivity contribution in [3.63, 3.8) is 0 Å². The van der Waals surface area contributed by atoms with Gasteiger partial charge in [-0.15, -0.1) is 5.10 Å². The van der Waals surface area contributed by atoms with Gasteiger partial charge in [0.05, 0.1) is 0 Å². The van der Waals surface area contributed by atoms with Gasteiger partial charge in [-0.1, -0.05) is 18.6 Å². The third-order valence-electron chi connectivity index (χ3n) is 3.31. The fraction of sp³-hybridized carbons (Fsp3) is 0.357. The number of unbranched alkanes of at least 4 members (excludes halogenated alkanes) is 1. The minimum Gasteiger partial charge on any atom is -0.476 e. The summed E-state index contributed by atoms with van der Waals surface area (Å²) in [6.07, 6.45) is 1.89. The Morgan fingerprint density at radius 1 is 1.38 bits per heavy atom. The third-order valence-corrected chi connectivity index (χ3v) is 3.31. The van der Waals surface area contributed by atoms with E-state index in [1.54, 1.807) is 22.9 Å². The molecule has 0 bridgehead atoms. The molecule has 0 fully saturated rings. The van der Waals surface area contributed by atoms with E-state index in [1.807, 2.05) is 0 Å². The highest BCUT2D eigenvalue weighted by atomic mass is 16.7. The fourth-order valence-corrected chi connectivity index (χ4v) is 2.25. The van der Waals surface area contributed by atoms with E-state index in [1.165, 1.54) is 0 Å². The smallest absolute Gasteiger partial charge is 0.358 e. The summed E-state index contributed by atoms with van der Waals surface area (Å²) in [6, 6.07) is 5.32. The Morgan fingerprint density at radius 3 is 2.95 bits per heavy atom. The molecule has 1 N–H and O–H groups in total. The largest absolute Gasteiger partial charge is 0.476 e. The molecule has 0 saturated heterocycles. The first-order valence-corrected chi connectivity index (χ1v) is 6.77. The Labute approximate surface area is 121 Å². The molecular formula is C14H15N3O4. The molecule has 0 amide bonds. The normalized spacial score (nSPS) is 12.6. The van der Waals surface area contributed by atoms with Crippen LogP contribution in [0.25, 0.3) is 11.3 Å². The minimum absolute atomic E-state index is 0.0510. The van der Waals surface area contributed by atoms with Crippen LogP contribution < -0.4 is 9.47 Å². The van der Waals surface area contributed by atoms with Gasteiger partial charge in [0.1, 0.15) is 5.69 Å². The summed E-state index contributed by atoms with van der Waals surface area (Å²) in [6.45, 7) is 2.87. The van der Waals surface area contributed by atoms with Crippen molar-refractivity contribution < 1.29 is 19.4 Å². The van der Waals surface area contributed by atoms with E-state index in [4.69, 9.17) is 9.47 Å². The van der Waals surface area contributed by atoms with E-state index in [2.05, 4.69) is 17.2 Å². The molecule has 7 heteroatoms. The van der Waals surface area contributed by atoms with Gasteiger partial charge in [-0.05, 0) is 24.6 Å². The molecule has 1 aromatic carbocycles. The zero-order valence-electron chi connectivity index (χ0n) is 11.6. The van der Waals surface area contributed by atoms with Crippen LogP contribution in [0.15, 0.2) is 18.2 Å². The number of carboxylic acid groups (broad SMARTS) is 1. The maximum Gasteiger partial charge on any atom is 0.358 e. The van der Waals surface area contributed by atoms with Gasteiger partial charge in [-0.3, -0.25) is 0 Å². The minimum atomic E-state index is -1.09. The zero-order chi connectivity index (χ0) is 14.8. The number of fused-ring (bicyclic) bond motifs is 1. The first-order valence-electron chi connectivity index (χ1n) is 6.77. The molecule has 1 aliphatic rings. The van der Waals surface area contributed by atoms with Crippen molar-refractivity contribution in [1.29, 1.82) is 0 Å². The summed E-state index contributed by atoms with van der Waals surface area (Å²) in [5, 5.41) is 17.0. The Hall–Kier alpha value is -2.57. The molecule has 2 heterocycles. The number of aryl methyl sites for hydroxylation is 1. The number of nitrogens with zero attached hydrogens (tertiary/aromatic N) is 3. The summed E-state index contributed by atoms with van der Waals surface area (Å²) < 4.78 is 12.2. The lowest BCUT2D eigenvalue weighted by molar-refractivity contribution is 0.0691. The number of aromatic carboxylic acids is 1. The van der Waals surface area contributed by atoms with E-state index in [0.717, 1.165) is 12.8 Å². The lowest BCUT2D eigenvalue weighted by Crippen LogP contribution is -2.05. The maximum atomic E-state index is 11.3. The van der Waals surface area contributed by atoms with E-state index < -0.39 is 5.97 Å². The quantitative estimate of drug-likeness (QED) is 0.907. The van der Waals surface area contributed by atoms with Crippen molar-refractivity contribution in [3.8, 4) is 22.8 Å². The number of ether oxygens (including phenoxy) is 2. The van der Waals surface area contributed by atoms with Crippen molar-refractivity contribution in [1.82, 2.24) is 15.0 Å². The van der Waals surface area contributed by atoms with Crippen LogP contribution in [0.3, 0.4) is 0 Å². The molecular weight excluding hydrogens is 274 g/mol. The predicted molar refractivity (Wildman–Crippen MR) is 73.4 cm³/mol. The van der Waals surface area contributed by atoms with Gasteiger partial charge in [-0.2, -0.15) is 0 Å². The average Bonchev–Trinajstić information content (AvgIpc) is 3.10. The number of hydrogen-bond donors (Lipinski definition) is 1. The van der Waals surface area contributed by atoms with Crippen LogP contribution in [0.5, 0.6) is 11.5 Å². The van der Waals surface area contributed by atoms with E-state index in [9.17, 15) is 9.90 Å². The van der Waals surface area contributed by atoms with Crippen LogP contribution in [0.1, 0.15) is 30.3 Å². The first kappa shape index (κ1) is 13.4. The highest BCUT2D eigenvalue weighted by Crippen LogP contribution is 2.36. The molecule has 0 radical (unpaired) electrons. The monoisotopic (exact) mass is 289 g/mol. The van der Waals surface area contributed by atoms with Crippen molar-refractivity contribution in [2.75, 3.05) is 6.79 Å². The number of carboxylic acids is 1. The van der Waals surface area contributed by atoms with Gasteiger partial charge in [0.2, 0.25) is 6.79 Å². The lowest BCUT2D eigenvalue weighted by Gasteiger charge is -2.07. The third kappa shape index (κ3) is 2.42.